The van der Waals surface area contributed by atoms with Gasteiger partial charge >= 0.3 is 0 Å². The number of hydrogen-bond donors (Lipinski definition) is 2. The van der Waals surface area contributed by atoms with Crippen molar-refractivity contribution in [1.29, 1.82) is 0 Å². The van der Waals surface area contributed by atoms with E-state index in [0.29, 0.717) is 6.54 Å². The molecule has 6 nitrogen and oxygen atoms in total. The van der Waals surface area contributed by atoms with Crippen molar-refractivity contribution in [3.8, 4) is 17.0 Å². The van der Waals surface area contributed by atoms with Crippen LogP contribution in [0.4, 0.5) is 5.95 Å². The Hall–Kier alpha value is -3.38. The van der Waals surface area contributed by atoms with Gasteiger partial charge in [0.05, 0.1) is 12.8 Å². The summed E-state index contributed by atoms with van der Waals surface area (Å²) in [4.78, 5) is 8.92. The lowest BCUT2D eigenvalue weighted by molar-refractivity contribution is 0.414. The van der Waals surface area contributed by atoms with E-state index >= 15 is 0 Å². The predicted molar refractivity (Wildman–Crippen MR) is 117 cm³/mol. The van der Waals surface area contributed by atoms with Crippen molar-refractivity contribution in [3.05, 3.63) is 72.7 Å². The summed E-state index contributed by atoms with van der Waals surface area (Å²) in [6, 6.07) is 16.3. The third-order valence-corrected chi connectivity index (χ3v) is 4.99. The number of rotatable bonds is 7. The first-order valence-corrected chi connectivity index (χ1v) is 9.62. The van der Waals surface area contributed by atoms with Gasteiger partial charge in [-0.05, 0) is 41.6 Å². The number of imidazole rings is 1. The highest BCUT2D eigenvalue weighted by Crippen LogP contribution is 2.24. The molecule has 29 heavy (non-hydrogen) atoms. The number of nitrogens with two attached hydrogens (primary N) is 1. The van der Waals surface area contributed by atoms with Gasteiger partial charge in [0.2, 0.25) is 5.95 Å². The van der Waals surface area contributed by atoms with Crippen LogP contribution in [0.25, 0.3) is 22.0 Å². The molecule has 0 aliphatic rings. The van der Waals surface area contributed by atoms with E-state index in [2.05, 4.69) is 28.5 Å². The topological polar surface area (TPSA) is 78.0 Å². The van der Waals surface area contributed by atoms with Crippen molar-refractivity contribution >= 4 is 16.7 Å². The Bertz CT molecular complexity index is 1100. The molecule has 0 fully saturated rings. The number of aryl methyl sites for hydroxylation is 1. The van der Waals surface area contributed by atoms with Crippen LogP contribution in [-0.4, -0.2) is 34.2 Å². The van der Waals surface area contributed by atoms with Crippen LogP contribution < -0.4 is 15.8 Å². The molecule has 6 heteroatoms. The molecule has 0 bridgehead atoms. The number of pyridine rings is 1. The van der Waals surface area contributed by atoms with Crippen LogP contribution in [0.5, 0.6) is 5.75 Å². The third-order valence-electron chi connectivity index (χ3n) is 4.99. The summed E-state index contributed by atoms with van der Waals surface area (Å²) in [6.45, 7) is 0.639. The van der Waals surface area contributed by atoms with Crippen molar-refractivity contribution in [2.24, 2.45) is 12.8 Å². The molecule has 0 aliphatic carbocycles. The van der Waals surface area contributed by atoms with E-state index in [-0.39, 0.29) is 6.04 Å². The number of hydrogen-bond acceptors (Lipinski definition) is 5. The molecule has 0 saturated heterocycles. The monoisotopic (exact) mass is 387 g/mol. The van der Waals surface area contributed by atoms with Crippen LogP contribution in [0.15, 0.2) is 67.1 Å². The van der Waals surface area contributed by atoms with Crippen LogP contribution in [-0.2, 0) is 13.5 Å². The van der Waals surface area contributed by atoms with Crippen LogP contribution in [0.1, 0.15) is 5.56 Å². The molecule has 2 aromatic heterocycles. The number of nitrogens with one attached hydrogen (secondary N) is 1. The Kier molecular flexibility index (Phi) is 5.44. The van der Waals surface area contributed by atoms with Gasteiger partial charge in [0.1, 0.15) is 5.75 Å². The maximum absolute atomic E-state index is 6.32. The largest absolute Gasteiger partial charge is 0.497 e. The normalized spacial score (nSPS) is 12.1. The fraction of sp³-hybridized carbons (Fsp3) is 0.217. The molecule has 4 aromatic rings. The standard InChI is InChI=1S/C23H25N5O/c1-28-15-22(18-5-6-19-13-25-10-9-17(19)12-18)27-23(28)26-14-20(24)11-16-3-7-21(29-2)8-4-16/h3-10,12-13,15,20H,11,14,24H2,1-2H3,(H,26,27)/t20-/m0/s1. The zero-order valence-corrected chi connectivity index (χ0v) is 16.7. The average molecular weight is 387 g/mol. The fourth-order valence-electron chi connectivity index (χ4n) is 3.37. The zero-order chi connectivity index (χ0) is 20.2. The Labute approximate surface area is 170 Å². The van der Waals surface area contributed by atoms with Crippen molar-refractivity contribution < 1.29 is 4.74 Å². The second-order valence-corrected chi connectivity index (χ2v) is 7.19. The lowest BCUT2D eigenvalue weighted by Gasteiger charge is -2.13. The van der Waals surface area contributed by atoms with E-state index in [1.807, 2.05) is 60.5 Å². The van der Waals surface area contributed by atoms with Gasteiger partial charge in [-0.3, -0.25) is 4.98 Å². The van der Waals surface area contributed by atoms with E-state index < -0.39 is 0 Å². The molecule has 3 N–H and O–H groups in total. The Morgan fingerprint density at radius 3 is 2.72 bits per heavy atom. The number of aromatic nitrogens is 3. The Balaban J connectivity index is 1.42. The summed E-state index contributed by atoms with van der Waals surface area (Å²) >= 11 is 0. The molecule has 0 aliphatic heterocycles. The number of ether oxygens (including phenoxy) is 1. The lowest BCUT2D eigenvalue weighted by Crippen LogP contribution is -2.31. The van der Waals surface area contributed by atoms with Crippen molar-refractivity contribution in [2.45, 2.75) is 12.5 Å². The molecular formula is C23H25N5O. The van der Waals surface area contributed by atoms with Crippen LogP contribution in [0, 0.1) is 0 Å². The van der Waals surface area contributed by atoms with Gasteiger partial charge in [-0.2, -0.15) is 0 Å². The number of fused-ring (bicyclic) bond motifs is 1. The summed E-state index contributed by atoms with van der Waals surface area (Å²) < 4.78 is 7.19. The summed E-state index contributed by atoms with van der Waals surface area (Å²) in [7, 11) is 3.65. The van der Waals surface area contributed by atoms with Gasteiger partial charge in [-0.1, -0.05) is 24.3 Å². The molecule has 0 spiro atoms. The second kappa shape index (κ2) is 8.32. The highest BCUT2D eigenvalue weighted by Gasteiger charge is 2.10. The summed E-state index contributed by atoms with van der Waals surface area (Å²) in [5, 5.41) is 5.65. The first-order chi connectivity index (χ1) is 14.1. The van der Waals surface area contributed by atoms with Crippen molar-refractivity contribution in [2.75, 3.05) is 19.0 Å². The molecule has 0 amide bonds. The molecule has 0 radical (unpaired) electrons. The first-order valence-electron chi connectivity index (χ1n) is 9.62. The van der Waals surface area contributed by atoms with E-state index in [0.717, 1.165) is 40.1 Å². The lowest BCUT2D eigenvalue weighted by atomic mass is 10.1. The number of benzene rings is 2. The molecule has 0 unspecified atom stereocenters. The van der Waals surface area contributed by atoms with Gasteiger partial charge in [-0.25, -0.2) is 4.98 Å². The predicted octanol–water partition coefficient (Wildman–Crippen LogP) is 3.63. The van der Waals surface area contributed by atoms with Crippen LogP contribution >= 0.6 is 0 Å². The van der Waals surface area contributed by atoms with Gasteiger partial charge in [0.25, 0.3) is 0 Å². The summed E-state index contributed by atoms with van der Waals surface area (Å²) in [5.41, 5.74) is 9.51. The molecular weight excluding hydrogens is 362 g/mol. The minimum atomic E-state index is -0.0169. The van der Waals surface area contributed by atoms with Crippen molar-refractivity contribution in [3.63, 3.8) is 0 Å². The maximum Gasteiger partial charge on any atom is 0.203 e. The SMILES string of the molecule is COc1ccc(C[C@H](N)CNc2nc(-c3ccc4cnccc4c3)cn2C)cc1. The number of methoxy groups -OCH3 is 1. The van der Waals surface area contributed by atoms with E-state index in [1.165, 1.54) is 5.56 Å². The van der Waals surface area contributed by atoms with Crippen molar-refractivity contribution in [1.82, 2.24) is 14.5 Å². The molecule has 4 rings (SSSR count). The van der Waals surface area contributed by atoms with Crippen LogP contribution in [0.3, 0.4) is 0 Å². The zero-order valence-electron chi connectivity index (χ0n) is 16.7. The number of anilines is 1. The maximum atomic E-state index is 6.32. The van der Waals surface area contributed by atoms with Gasteiger partial charge < -0.3 is 20.4 Å². The Morgan fingerprint density at radius 2 is 1.93 bits per heavy atom. The van der Waals surface area contributed by atoms with Gasteiger partial charge in [-0.15, -0.1) is 0 Å². The molecule has 1 atom stereocenters. The summed E-state index contributed by atoms with van der Waals surface area (Å²) in [5.74, 6) is 1.66. The van der Waals surface area contributed by atoms with Crippen LogP contribution in [0.2, 0.25) is 0 Å². The van der Waals surface area contributed by atoms with E-state index in [4.69, 9.17) is 15.5 Å². The highest BCUT2D eigenvalue weighted by molar-refractivity contribution is 5.86. The minimum Gasteiger partial charge on any atom is -0.497 e. The fourth-order valence-corrected chi connectivity index (χ4v) is 3.37. The number of nitrogens with zero attached hydrogens (tertiary/aromatic N) is 3. The quantitative estimate of drug-likeness (QED) is 0.506. The first kappa shape index (κ1) is 19.0. The molecule has 2 aromatic carbocycles. The summed E-state index contributed by atoms with van der Waals surface area (Å²) in [6.07, 6.45) is 6.49. The third kappa shape index (κ3) is 4.38. The molecule has 2 heterocycles. The highest BCUT2D eigenvalue weighted by atomic mass is 16.5. The minimum absolute atomic E-state index is 0.0169. The average Bonchev–Trinajstić information content (AvgIpc) is 3.13. The molecule has 0 saturated carbocycles. The van der Waals surface area contributed by atoms with Gasteiger partial charge in [0, 0.05) is 49.2 Å². The van der Waals surface area contributed by atoms with E-state index in [9.17, 15) is 0 Å². The second-order valence-electron chi connectivity index (χ2n) is 7.19. The Morgan fingerprint density at radius 1 is 1.10 bits per heavy atom. The van der Waals surface area contributed by atoms with Gasteiger partial charge in [0.15, 0.2) is 0 Å². The smallest absolute Gasteiger partial charge is 0.203 e. The van der Waals surface area contributed by atoms with E-state index in [1.54, 1.807) is 7.11 Å². The molecule has 148 valence electrons.